The lowest BCUT2D eigenvalue weighted by Crippen LogP contribution is -2.02. The van der Waals surface area contributed by atoms with Gasteiger partial charge in [-0.1, -0.05) is 77.7 Å². The van der Waals surface area contributed by atoms with Gasteiger partial charge in [-0.15, -0.1) is 0 Å². The Labute approximate surface area is 119 Å². The molecule has 2 heteroatoms. The molecule has 0 amide bonds. The number of ether oxygens (including phenoxy) is 1. The summed E-state index contributed by atoms with van der Waals surface area (Å²) < 4.78 is 5.09. The molecule has 0 saturated carbocycles. The van der Waals surface area contributed by atoms with Crippen molar-refractivity contribution in [2.75, 3.05) is 6.61 Å². The van der Waals surface area contributed by atoms with Crippen LogP contribution in [0.3, 0.4) is 0 Å². The van der Waals surface area contributed by atoms with Crippen molar-refractivity contribution in [1.29, 1.82) is 0 Å². The molecule has 0 atom stereocenters. The van der Waals surface area contributed by atoms with Gasteiger partial charge >= 0.3 is 5.97 Å². The highest BCUT2D eigenvalue weighted by atomic mass is 16.5. The molecule has 0 aliphatic heterocycles. The Morgan fingerprint density at radius 3 is 1.89 bits per heavy atom. The van der Waals surface area contributed by atoms with Crippen molar-refractivity contribution in [3.63, 3.8) is 0 Å². The number of hydrogen-bond donors (Lipinski definition) is 0. The highest BCUT2D eigenvalue weighted by molar-refractivity contribution is 5.81. The van der Waals surface area contributed by atoms with Gasteiger partial charge in [0.15, 0.2) is 0 Å². The summed E-state index contributed by atoms with van der Waals surface area (Å²) in [6.07, 6.45) is 17.3. The van der Waals surface area contributed by atoms with Gasteiger partial charge in [0.1, 0.15) is 0 Å². The molecule has 0 aromatic carbocycles. The van der Waals surface area contributed by atoms with Crippen molar-refractivity contribution in [1.82, 2.24) is 0 Å². The first-order chi connectivity index (χ1) is 9.31. The van der Waals surface area contributed by atoms with Crippen molar-refractivity contribution in [2.24, 2.45) is 0 Å². The van der Waals surface area contributed by atoms with Crippen molar-refractivity contribution in [2.45, 2.75) is 84.5 Å². The number of allylic oxidation sites excluding steroid dienone is 1. The summed E-state index contributed by atoms with van der Waals surface area (Å²) >= 11 is 0. The van der Waals surface area contributed by atoms with E-state index in [-0.39, 0.29) is 5.97 Å². The predicted molar refractivity (Wildman–Crippen MR) is 82.2 cm³/mol. The Hall–Kier alpha value is -0.790. The number of carbonyl (C=O) groups excluding carboxylic acids is 1. The SMILES string of the molecule is CCC=CC(=O)OCCCCCCCCCCCC. The molecular weight excluding hydrogens is 236 g/mol. The van der Waals surface area contributed by atoms with E-state index in [0.29, 0.717) is 6.61 Å². The average Bonchev–Trinajstić information content (AvgIpc) is 2.42. The quantitative estimate of drug-likeness (QED) is 0.253. The summed E-state index contributed by atoms with van der Waals surface area (Å²) in [7, 11) is 0. The van der Waals surface area contributed by atoms with Crippen molar-refractivity contribution >= 4 is 5.97 Å². The van der Waals surface area contributed by atoms with Gasteiger partial charge in [0.25, 0.3) is 0 Å². The summed E-state index contributed by atoms with van der Waals surface area (Å²) in [5.74, 6) is -0.197. The molecule has 0 aromatic rings. The maximum Gasteiger partial charge on any atom is 0.330 e. The molecule has 19 heavy (non-hydrogen) atoms. The van der Waals surface area contributed by atoms with Gasteiger partial charge in [-0.05, 0) is 12.8 Å². The van der Waals surface area contributed by atoms with Crippen molar-refractivity contribution in [3.05, 3.63) is 12.2 Å². The molecule has 0 heterocycles. The number of unbranched alkanes of at least 4 members (excludes halogenated alkanes) is 9. The van der Waals surface area contributed by atoms with Crippen LogP contribution in [-0.2, 0) is 9.53 Å². The monoisotopic (exact) mass is 268 g/mol. The topological polar surface area (TPSA) is 26.3 Å². The maximum absolute atomic E-state index is 11.2. The molecule has 0 spiro atoms. The molecular formula is C17H32O2. The molecule has 0 rings (SSSR count). The molecule has 0 fully saturated rings. The summed E-state index contributed by atoms with van der Waals surface area (Å²) in [6, 6.07) is 0. The van der Waals surface area contributed by atoms with E-state index in [1.807, 2.05) is 13.0 Å². The van der Waals surface area contributed by atoms with Crippen LogP contribution < -0.4 is 0 Å². The number of carbonyl (C=O) groups is 1. The molecule has 0 aliphatic rings. The molecule has 0 aromatic heterocycles. The van der Waals surface area contributed by atoms with Gasteiger partial charge in [-0.25, -0.2) is 4.79 Å². The second-order valence-corrected chi connectivity index (χ2v) is 5.16. The van der Waals surface area contributed by atoms with Gasteiger partial charge in [-0.2, -0.15) is 0 Å². The second-order valence-electron chi connectivity index (χ2n) is 5.16. The van der Waals surface area contributed by atoms with Gasteiger partial charge < -0.3 is 4.74 Å². The predicted octanol–water partition coefficient (Wildman–Crippen LogP) is 5.42. The number of esters is 1. The summed E-state index contributed by atoms with van der Waals surface area (Å²) in [6.45, 7) is 4.83. The molecule has 0 N–H and O–H groups in total. The fourth-order valence-electron chi connectivity index (χ4n) is 2.02. The highest BCUT2D eigenvalue weighted by Crippen LogP contribution is 2.10. The minimum Gasteiger partial charge on any atom is -0.463 e. The molecule has 0 bridgehead atoms. The van der Waals surface area contributed by atoms with Gasteiger partial charge in [0, 0.05) is 6.08 Å². The largest absolute Gasteiger partial charge is 0.463 e. The third-order valence-corrected chi connectivity index (χ3v) is 3.23. The van der Waals surface area contributed by atoms with E-state index < -0.39 is 0 Å². The molecule has 112 valence electrons. The van der Waals surface area contributed by atoms with E-state index in [1.165, 1.54) is 63.9 Å². The third-order valence-electron chi connectivity index (χ3n) is 3.23. The lowest BCUT2D eigenvalue weighted by molar-refractivity contribution is -0.137. The van der Waals surface area contributed by atoms with Crippen LogP contribution in [0.15, 0.2) is 12.2 Å². The number of rotatable bonds is 13. The van der Waals surface area contributed by atoms with E-state index >= 15 is 0 Å². The molecule has 0 aliphatic carbocycles. The average molecular weight is 268 g/mol. The maximum atomic E-state index is 11.2. The van der Waals surface area contributed by atoms with E-state index in [2.05, 4.69) is 6.92 Å². The molecule has 0 unspecified atom stereocenters. The summed E-state index contributed by atoms with van der Waals surface area (Å²) in [5, 5.41) is 0. The third kappa shape index (κ3) is 15.2. The number of hydrogen-bond acceptors (Lipinski definition) is 2. The minimum atomic E-state index is -0.197. The van der Waals surface area contributed by atoms with Crippen LogP contribution in [0.2, 0.25) is 0 Å². The Balaban J connectivity index is 3.10. The zero-order chi connectivity index (χ0) is 14.2. The van der Waals surface area contributed by atoms with Crippen LogP contribution in [0.4, 0.5) is 0 Å². The normalized spacial score (nSPS) is 11.1. The van der Waals surface area contributed by atoms with Crippen LogP contribution in [0.25, 0.3) is 0 Å². The van der Waals surface area contributed by atoms with E-state index in [9.17, 15) is 4.79 Å². The fraction of sp³-hybridized carbons (Fsp3) is 0.824. The Kier molecular flexibility index (Phi) is 14.6. The van der Waals surface area contributed by atoms with Crippen LogP contribution in [0.1, 0.15) is 84.5 Å². The van der Waals surface area contributed by atoms with Crippen molar-refractivity contribution < 1.29 is 9.53 Å². The molecule has 2 nitrogen and oxygen atoms in total. The lowest BCUT2D eigenvalue weighted by atomic mass is 10.1. The van der Waals surface area contributed by atoms with Gasteiger partial charge in [0.2, 0.25) is 0 Å². The Bertz CT molecular complexity index is 221. The zero-order valence-corrected chi connectivity index (χ0v) is 13.0. The van der Waals surface area contributed by atoms with Crippen LogP contribution >= 0.6 is 0 Å². The van der Waals surface area contributed by atoms with Gasteiger partial charge in [0.05, 0.1) is 6.61 Å². The smallest absolute Gasteiger partial charge is 0.330 e. The Morgan fingerprint density at radius 1 is 0.842 bits per heavy atom. The van der Waals surface area contributed by atoms with Crippen LogP contribution in [-0.4, -0.2) is 12.6 Å². The minimum absolute atomic E-state index is 0.197. The molecule has 0 saturated heterocycles. The highest BCUT2D eigenvalue weighted by Gasteiger charge is 1.96. The Morgan fingerprint density at radius 2 is 1.37 bits per heavy atom. The van der Waals surface area contributed by atoms with E-state index in [0.717, 1.165) is 12.8 Å². The standard InChI is InChI=1S/C17H32O2/c1-3-5-7-8-9-10-11-12-13-14-16-19-17(18)15-6-4-2/h6,15H,3-5,7-14,16H2,1-2H3. The van der Waals surface area contributed by atoms with E-state index in [1.54, 1.807) is 0 Å². The first-order valence-corrected chi connectivity index (χ1v) is 8.14. The summed E-state index contributed by atoms with van der Waals surface area (Å²) in [4.78, 5) is 11.2. The first-order valence-electron chi connectivity index (χ1n) is 8.14. The first kappa shape index (κ1) is 18.2. The fourth-order valence-corrected chi connectivity index (χ4v) is 2.02. The van der Waals surface area contributed by atoms with Crippen LogP contribution in [0, 0.1) is 0 Å². The van der Waals surface area contributed by atoms with Crippen molar-refractivity contribution in [3.8, 4) is 0 Å². The summed E-state index contributed by atoms with van der Waals surface area (Å²) in [5.41, 5.74) is 0. The van der Waals surface area contributed by atoms with Crippen LogP contribution in [0.5, 0.6) is 0 Å². The molecule has 0 radical (unpaired) electrons. The second kappa shape index (κ2) is 15.3. The zero-order valence-electron chi connectivity index (χ0n) is 13.0. The van der Waals surface area contributed by atoms with E-state index in [4.69, 9.17) is 4.74 Å². The van der Waals surface area contributed by atoms with Gasteiger partial charge in [-0.3, -0.25) is 0 Å². The lowest BCUT2D eigenvalue weighted by Gasteiger charge is -2.03.